The van der Waals surface area contributed by atoms with Gasteiger partial charge in [0.25, 0.3) is 0 Å². The van der Waals surface area contributed by atoms with Crippen LogP contribution in [-0.2, 0) is 0 Å². The summed E-state index contributed by atoms with van der Waals surface area (Å²) < 4.78 is 12.6. The minimum absolute atomic E-state index is 0.412. The fraction of sp³-hybridized carbons (Fsp3) is 0.364. The fourth-order valence-corrected chi connectivity index (χ4v) is 2.23. The molecule has 1 fully saturated rings. The zero-order chi connectivity index (χ0) is 9.54. The van der Waals surface area contributed by atoms with Crippen LogP contribution in [0.4, 0.5) is 4.39 Å². The molecule has 0 radical (unpaired) electrons. The predicted molar refractivity (Wildman–Crippen MR) is 52.1 cm³/mol. The monoisotopic (exact) mass is 190 g/mol. The van der Waals surface area contributed by atoms with Gasteiger partial charge in [-0.15, -0.1) is 0 Å². The molecular formula is C11H11FN2. The van der Waals surface area contributed by atoms with E-state index in [9.17, 15) is 4.39 Å². The number of hydrogen-bond donors (Lipinski definition) is 1. The highest BCUT2D eigenvalue weighted by Gasteiger charge is 2.36. The second-order valence-corrected chi connectivity index (χ2v) is 3.91. The lowest BCUT2D eigenvalue weighted by Gasteiger charge is -2.34. The van der Waals surface area contributed by atoms with Gasteiger partial charge in [-0.05, 0) is 35.6 Å². The van der Waals surface area contributed by atoms with Gasteiger partial charge in [0.2, 0.25) is 5.95 Å². The molecule has 2 heterocycles. The highest BCUT2D eigenvalue weighted by atomic mass is 19.1. The Balaban J connectivity index is 1.92. The lowest BCUT2D eigenvalue weighted by molar-refractivity contribution is 0.306. The molecule has 14 heavy (non-hydrogen) atoms. The van der Waals surface area contributed by atoms with E-state index >= 15 is 0 Å². The summed E-state index contributed by atoms with van der Waals surface area (Å²) in [7, 11) is 0. The number of halogens is 1. The van der Waals surface area contributed by atoms with Crippen molar-refractivity contribution in [1.29, 1.82) is 0 Å². The van der Waals surface area contributed by atoms with E-state index in [0.717, 1.165) is 24.4 Å². The smallest absolute Gasteiger partial charge is 0.212 e. The molecule has 0 unspecified atom stereocenters. The molecule has 0 amide bonds. The number of pyridine rings is 1. The molecule has 0 saturated carbocycles. The topological polar surface area (TPSA) is 24.9 Å². The lowest BCUT2D eigenvalue weighted by atomic mass is 9.89. The third-order valence-electron chi connectivity index (χ3n) is 3.11. The molecule has 1 N–H and O–H groups in total. The molecule has 1 aliphatic heterocycles. The largest absolute Gasteiger partial charge is 0.309 e. The highest BCUT2D eigenvalue weighted by molar-refractivity contribution is 5.72. The van der Waals surface area contributed by atoms with Crippen molar-refractivity contribution in [1.82, 2.24) is 10.3 Å². The van der Waals surface area contributed by atoms with Gasteiger partial charge >= 0.3 is 0 Å². The fourth-order valence-electron chi connectivity index (χ4n) is 2.23. The summed E-state index contributed by atoms with van der Waals surface area (Å²) in [4.78, 5) is 3.67. The molecule has 0 spiro atoms. The van der Waals surface area contributed by atoms with Crippen LogP contribution in [0.25, 0.3) is 5.57 Å². The van der Waals surface area contributed by atoms with Crippen molar-refractivity contribution in [2.24, 2.45) is 5.92 Å². The van der Waals surface area contributed by atoms with Crippen molar-refractivity contribution in [3.05, 3.63) is 35.9 Å². The first-order valence-electron chi connectivity index (χ1n) is 4.90. The summed E-state index contributed by atoms with van der Waals surface area (Å²) in [6, 6.07) is 3.71. The number of aromatic nitrogens is 1. The van der Waals surface area contributed by atoms with Crippen molar-refractivity contribution in [3.63, 3.8) is 0 Å². The molecule has 2 nitrogen and oxygen atoms in total. The molecule has 72 valence electrons. The van der Waals surface area contributed by atoms with Crippen LogP contribution in [0, 0.1) is 11.9 Å². The van der Waals surface area contributed by atoms with E-state index < -0.39 is 5.95 Å². The van der Waals surface area contributed by atoms with Gasteiger partial charge in [-0.1, -0.05) is 6.08 Å². The number of allylic oxidation sites excluding steroid dienone is 1. The Hall–Kier alpha value is -1.22. The summed E-state index contributed by atoms with van der Waals surface area (Å²) in [5.74, 6) is 0.348. The lowest BCUT2D eigenvalue weighted by Crippen LogP contribution is -2.50. The molecule has 3 rings (SSSR count). The number of fused-ring (bicyclic) bond motifs is 1. The first-order chi connectivity index (χ1) is 6.84. The van der Waals surface area contributed by atoms with E-state index in [0.29, 0.717) is 6.04 Å². The SMILES string of the molecule is Fc1ccc(C2=CC[C@H]3CN[C@@H]23)cn1. The van der Waals surface area contributed by atoms with Gasteiger partial charge in [-0.2, -0.15) is 4.39 Å². The van der Waals surface area contributed by atoms with Gasteiger partial charge < -0.3 is 5.32 Å². The summed E-state index contributed by atoms with van der Waals surface area (Å²) in [5.41, 5.74) is 2.33. The van der Waals surface area contributed by atoms with E-state index in [1.165, 1.54) is 11.6 Å². The minimum atomic E-state index is -0.412. The molecular weight excluding hydrogens is 179 g/mol. The van der Waals surface area contributed by atoms with Gasteiger partial charge in [0.15, 0.2) is 0 Å². The van der Waals surface area contributed by atoms with Crippen molar-refractivity contribution in [2.75, 3.05) is 6.54 Å². The third-order valence-corrected chi connectivity index (χ3v) is 3.11. The van der Waals surface area contributed by atoms with Crippen LogP contribution < -0.4 is 5.32 Å². The number of nitrogens with one attached hydrogen (secondary N) is 1. The van der Waals surface area contributed by atoms with Gasteiger partial charge in [0, 0.05) is 18.8 Å². The number of nitrogens with zero attached hydrogens (tertiary/aromatic N) is 1. The predicted octanol–water partition coefficient (Wildman–Crippen LogP) is 1.60. The average Bonchev–Trinajstić information content (AvgIpc) is 2.43. The van der Waals surface area contributed by atoms with Crippen LogP contribution in [0.1, 0.15) is 12.0 Å². The van der Waals surface area contributed by atoms with E-state index in [1.54, 1.807) is 12.3 Å². The van der Waals surface area contributed by atoms with Crippen molar-refractivity contribution >= 4 is 5.57 Å². The Morgan fingerprint density at radius 3 is 2.93 bits per heavy atom. The molecule has 2 aliphatic rings. The molecule has 2 atom stereocenters. The van der Waals surface area contributed by atoms with Crippen molar-refractivity contribution in [2.45, 2.75) is 12.5 Å². The Labute approximate surface area is 81.9 Å². The maximum atomic E-state index is 12.6. The highest BCUT2D eigenvalue weighted by Crippen LogP contribution is 2.36. The van der Waals surface area contributed by atoms with E-state index in [2.05, 4.69) is 16.4 Å². The number of rotatable bonds is 1. The molecule has 1 aromatic rings. The average molecular weight is 190 g/mol. The molecule has 3 heteroatoms. The molecule has 0 bridgehead atoms. The Kier molecular flexibility index (Phi) is 1.67. The molecule has 0 aromatic carbocycles. The van der Waals surface area contributed by atoms with Crippen LogP contribution in [0.15, 0.2) is 24.4 Å². The van der Waals surface area contributed by atoms with Crippen molar-refractivity contribution < 1.29 is 4.39 Å². The minimum Gasteiger partial charge on any atom is -0.309 e. The summed E-state index contributed by atoms with van der Waals surface area (Å²) in [5, 5.41) is 3.38. The summed E-state index contributed by atoms with van der Waals surface area (Å²) in [6.07, 6.45) is 5.00. The van der Waals surface area contributed by atoms with Gasteiger partial charge in [-0.3, -0.25) is 0 Å². The van der Waals surface area contributed by atoms with Crippen LogP contribution in [-0.4, -0.2) is 17.6 Å². The first-order valence-corrected chi connectivity index (χ1v) is 4.90. The van der Waals surface area contributed by atoms with E-state index in [-0.39, 0.29) is 0 Å². The zero-order valence-electron chi connectivity index (χ0n) is 7.70. The van der Waals surface area contributed by atoms with Gasteiger partial charge in [0.1, 0.15) is 0 Å². The molecule has 1 aliphatic carbocycles. The summed E-state index contributed by atoms with van der Waals surface area (Å²) in [6.45, 7) is 1.11. The normalized spacial score (nSPS) is 29.4. The van der Waals surface area contributed by atoms with Gasteiger partial charge in [0.05, 0.1) is 0 Å². The van der Waals surface area contributed by atoms with Crippen LogP contribution in [0.5, 0.6) is 0 Å². The van der Waals surface area contributed by atoms with Crippen LogP contribution in [0.3, 0.4) is 0 Å². The second kappa shape index (κ2) is 2.89. The maximum absolute atomic E-state index is 12.6. The second-order valence-electron chi connectivity index (χ2n) is 3.91. The molecule has 1 saturated heterocycles. The third kappa shape index (κ3) is 1.09. The Morgan fingerprint density at radius 2 is 2.36 bits per heavy atom. The Morgan fingerprint density at radius 1 is 1.43 bits per heavy atom. The zero-order valence-corrected chi connectivity index (χ0v) is 7.70. The van der Waals surface area contributed by atoms with Gasteiger partial charge in [-0.25, -0.2) is 4.98 Å². The maximum Gasteiger partial charge on any atom is 0.212 e. The first kappa shape index (κ1) is 8.12. The number of hydrogen-bond acceptors (Lipinski definition) is 2. The van der Waals surface area contributed by atoms with E-state index in [1.807, 2.05) is 0 Å². The quantitative estimate of drug-likeness (QED) is 0.680. The Bertz CT molecular complexity index is 383. The van der Waals surface area contributed by atoms with Crippen LogP contribution in [0.2, 0.25) is 0 Å². The van der Waals surface area contributed by atoms with Crippen LogP contribution >= 0.6 is 0 Å². The summed E-state index contributed by atoms with van der Waals surface area (Å²) >= 11 is 0. The van der Waals surface area contributed by atoms with E-state index in [4.69, 9.17) is 0 Å². The molecule has 1 aromatic heterocycles. The standard InChI is InChI=1S/C11H11FN2/c12-10-4-2-7(5-13-10)9-3-1-8-6-14-11(8)9/h2-5,8,11,14H,1,6H2/t8-,11+/m0/s1. The van der Waals surface area contributed by atoms with Crippen molar-refractivity contribution in [3.8, 4) is 0 Å².